The summed E-state index contributed by atoms with van der Waals surface area (Å²) in [6.45, 7) is 6.19. The van der Waals surface area contributed by atoms with Crippen molar-refractivity contribution in [3.63, 3.8) is 0 Å². The lowest BCUT2D eigenvalue weighted by atomic mass is 9.97. The number of piperidine rings is 1. The number of pyridine rings is 1. The summed E-state index contributed by atoms with van der Waals surface area (Å²) in [4.78, 5) is 12.6. The van der Waals surface area contributed by atoms with Gasteiger partial charge in [-0.3, -0.25) is 9.89 Å². The third-order valence-corrected chi connectivity index (χ3v) is 6.26. The van der Waals surface area contributed by atoms with Gasteiger partial charge in [-0.15, -0.1) is 11.3 Å². The first-order valence-corrected chi connectivity index (χ1v) is 10.8. The summed E-state index contributed by atoms with van der Waals surface area (Å²) in [5, 5.41) is 9.08. The smallest absolute Gasteiger partial charge is 0.213 e. The lowest BCUT2D eigenvalue weighted by molar-refractivity contribution is 0.140. The number of aliphatic imine (C=N–C) groups is 1. The van der Waals surface area contributed by atoms with Crippen LogP contribution in [0.5, 0.6) is 5.88 Å². The van der Waals surface area contributed by atoms with E-state index in [4.69, 9.17) is 4.74 Å². The molecule has 0 radical (unpaired) electrons. The topological polar surface area (TPSA) is 61.8 Å². The summed E-state index contributed by atoms with van der Waals surface area (Å²) in [7, 11) is 3.44. The van der Waals surface area contributed by atoms with Crippen molar-refractivity contribution >= 4 is 17.3 Å². The number of nitrogens with zero attached hydrogens (tertiary/aromatic N) is 3. The highest BCUT2D eigenvalue weighted by molar-refractivity contribution is 7.10. The molecule has 6 nitrogen and oxygen atoms in total. The lowest BCUT2D eigenvalue weighted by Crippen LogP contribution is -2.44. The second-order valence-electron chi connectivity index (χ2n) is 7.26. The fourth-order valence-electron chi connectivity index (χ4n) is 3.50. The molecule has 0 saturated carbocycles. The maximum Gasteiger partial charge on any atom is 0.213 e. The Hall–Kier alpha value is -2.12. The number of methoxy groups -OCH3 is 1. The van der Waals surface area contributed by atoms with E-state index in [1.165, 1.54) is 17.7 Å². The van der Waals surface area contributed by atoms with Crippen molar-refractivity contribution < 1.29 is 4.74 Å². The van der Waals surface area contributed by atoms with Gasteiger partial charge >= 0.3 is 0 Å². The van der Waals surface area contributed by atoms with Gasteiger partial charge in [-0.1, -0.05) is 13.0 Å². The highest BCUT2D eigenvalue weighted by Crippen LogP contribution is 2.29. The summed E-state index contributed by atoms with van der Waals surface area (Å²) in [5.74, 6) is 2.27. The molecule has 0 aromatic carbocycles. The first-order valence-electron chi connectivity index (χ1n) is 9.90. The van der Waals surface area contributed by atoms with Crippen LogP contribution in [0.1, 0.15) is 36.2 Å². The standard InChI is InChI=1S/C21H31N5OS/c1-16-7-10-26(11-8-16)18(19-5-4-12-28-19)15-25-21(22-2)24-14-17-6-9-23-20(13-17)27-3/h4-6,9,12-13,16,18H,7-8,10-11,14-15H2,1-3H3,(H2,22,24,25). The molecule has 28 heavy (non-hydrogen) atoms. The Kier molecular flexibility index (Phi) is 7.68. The molecule has 3 rings (SSSR count). The van der Waals surface area contributed by atoms with E-state index in [0.29, 0.717) is 18.5 Å². The Bertz CT molecular complexity index is 741. The third-order valence-electron chi connectivity index (χ3n) is 5.29. The fraction of sp³-hybridized carbons (Fsp3) is 0.524. The van der Waals surface area contributed by atoms with E-state index in [1.807, 2.05) is 30.5 Å². The van der Waals surface area contributed by atoms with Crippen LogP contribution in [0.4, 0.5) is 0 Å². The van der Waals surface area contributed by atoms with E-state index in [9.17, 15) is 0 Å². The van der Waals surface area contributed by atoms with E-state index >= 15 is 0 Å². The molecule has 0 spiro atoms. The highest BCUT2D eigenvalue weighted by Gasteiger charge is 2.25. The van der Waals surface area contributed by atoms with Crippen LogP contribution in [0.25, 0.3) is 0 Å². The van der Waals surface area contributed by atoms with Gasteiger partial charge in [0, 0.05) is 37.3 Å². The van der Waals surface area contributed by atoms with Gasteiger partial charge in [0.25, 0.3) is 0 Å². The van der Waals surface area contributed by atoms with Gasteiger partial charge in [0.05, 0.1) is 13.2 Å². The van der Waals surface area contributed by atoms with Crippen LogP contribution in [-0.4, -0.2) is 49.6 Å². The van der Waals surface area contributed by atoms with Gasteiger partial charge < -0.3 is 15.4 Å². The molecule has 0 amide bonds. The molecule has 0 aliphatic carbocycles. The van der Waals surface area contributed by atoms with Gasteiger partial charge in [0.2, 0.25) is 5.88 Å². The van der Waals surface area contributed by atoms with E-state index in [-0.39, 0.29) is 0 Å². The number of likely N-dealkylation sites (tertiary alicyclic amines) is 1. The molecule has 1 aliphatic heterocycles. The minimum Gasteiger partial charge on any atom is -0.481 e. The molecule has 1 unspecified atom stereocenters. The molecule has 2 aromatic rings. The van der Waals surface area contributed by atoms with Crippen molar-refractivity contribution in [2.45, 2.75) is 32.4 Å². The average molecular weight is 402 g/mol. The van der Waals surface area contributed by atoms with E-state index in [1.54, 1.807) is 13.3 Å². The van der Waals surface area contributed by atoms with E-state index < -0.39 is 0 Å². The molecule has 1 saturated heterocycles. The molecular weight excluding hydrogens is 370 g/mol. The number of rotatable bonds is 7. The van der Waals surface area contributed by atoms with Crippen molar-refractivity contribution in [3.8, 4) is 5.88 Å². The fourth-order valence-corrected chi connectivity index (χ4v) is 4.36. The Morgan fingerprint density at radius 3 is 2.86 bits per heavy atom. The molecule has 2 N–H and O–H groups in total. The van der Waals surface area contributed by atoms with E-state index in [0.717, 1.165) is 37.1 Å². The predicted octanol–water partition coefficient (Wildman–Crippen LogP) is 3.29. The van der Waals surface area contributed by atoms with Gasteiger partial charge in [-0.25, -0.2) is 4.98 Å². The molecule has 2 aromatic heterocycles. The molecule has 3 heterocycles. The Labute approximate surface area is 172 Å². The maximum absolute atomic E-state index is 5.19. The Morgan fingerprint density at radius 1 is 1.36 bits per heavy atom. The van der Waals surface area contributed by atoms with Crippen LogP contribution >= 0.6 is 11.3 Å². The quantitative estimate of drug-likeness (QED) is 0.551. The molecule has 152 valence electrons. The highest BCUT2D eigenvalue weighted by atomic mass is 32.1. The minimum absolute atomic E-state index is 0.382. The molecular formula is C21H31N5OS. The maximum atomic E-state index is 5.19. The lowest BCUT2D eigenvalue weighted by Gasteiger charge is -2.36. The molecule has 1 fully saturated rings. The Balaban J connectivity index is 1.57. The molecule has 7 heteroatoms. The first-order chi connectivity index (χ1) is 13.7. The summed E-state index contributed by atoms with van der Waals surface area (Å²) in [6, 6.07) is 8.68. The largest absolute Gasteiger partial charge is 0.481 e. The Morgan fingerprint density at radius 2 is 2.18 bits per heavy atom. The summed E-state index contributed by atoms with van der Waals surface area (Å²) >= 11 is 1.84. The number of hydrogen-bond acceptors (Lipinski definition) is 5. The predicted molar refractivity (Wildman–Crippen MR) is 116 cm³/mol. The summed E-state index contributed by atoms with van der Waals surface area (Å²) in [6.07, 6.45) is 4.31. The zero-order valence-electron chi connectivity index (χ0n) is 17.0. The molecule has 1 atom stereocenters. The average Bonchev–Trinajstić information content (AvgIpc) is 3.26. The van der Waals surface area contributed by atoms with Gasteiger partial charge in [-0.05, 0) is 54.9 Å². The zero-order chi connectivity index (χ0) is 19.8. The van der Waals surface area contributed by atoms with Crippen LogP contribution in [0.2, 0.25) is 0 Å². The monoisotopic (exact) mass is 401 g/mol. The number of aromatic nitrogens is 1. The number of thiophene rings is 1. The van der Waals surface area contributed by atoms with Crippen molar-refractivity contribution in [3.05, 3.63) is 46.3 Å². The van der Waals surface area contributed by atoms with Crippen LogP contribution in [0.15, 0.2) is 40.8 Å². The first kappa shape index (κ1) is 20.6. The number of nitrogens with one attached hydrogen (secondary N) is 2. The van der Waals surface area contributed by atoms with Gasteiger partial charge in [0.15, 0.2) is 5.96 Å². The van der Waals surface area contributed by atoms with Crippen LogP contribution in [0.3, 0.4) is 0 Å². The van der Waals surface area contributed by atoms with Crippen molar-refractivity contribution in [1.82, 2.24) is 20.5 Å². The normalized spacial score (nSPS) is 17.3. The number of hydrogen-bond donors (Lipinski definition) is 2. The summed E-state index contributed by atoms with van der Waals surface area (Å²) < 4.78 is 5.19. The van der Waals surface area contributed by atoms with Gasteiger partial charge in [-0.2, -0.15) is 0 Å². The second kappa shape index (κ2) is 10.4. The third kappa shape index (κ3) is 5.69. The minimum atomic E-state index is 0.382. The second-order valence-corrected chi connectivity index (χ2v) is 8.24. The van der Waals surface area contributed by atoms with Crippen LogP contribution in [0, 0.1) is 5.92 Å². The zero-order valence-corrected chi connectivity index (χ0v) is 17.8. The molecule has 0 bridgehead atoms. The van der Waals surface area contributed by atoms with Gasteiger partial charge in [0.1, 0.15) is 0 Å². The van der Waals surface area contributed by atoms with E-state index in [2.05, 4.69) is 49.9 Å². The van der Waals surface area contributed by atoms with Crippen molar-refractivity contribution in [2.75, 3.05) is 33.8 Å². The van der Waals surface area contributed by atoms with Crippen molar-refractivity contribution in [1.29, 1.82) is 0 Å². The molecule has 1 aliphatic rings. The summed E-state index contributed by atoms with van der Waals surface area (Å²) in [5.41, 5.74) is 1.11. The number of guanidine groups is 1. The SMILES string of the molecule is CN=C(NCc1ccnc(OC)c1)NCC(c1cccs1)N1CCC(C)CC1. The van der Waals surface area contributed by atoms with Crippen LogP contribution in [-0.2, 0) is 6.54 Å². The van der Waals surface area contributed by atoms with Crippen LogP contribution < -0.4 is 15.4 Å². The van der Waals surface area contributed by atoms with Crippen molar-refractivity contribution in [2.24, 2.45) is 10.9 Å². The number of ether oxygens (including phenoxy) is 1.